The molecule has 1 aliphatic rings. The number of hydrogen-bond acceptors (Lipinski definition) is 2. The first-order chi connectivity index (χ1) is 10.5. The number of hydrogen-bond donors (Lipinski definition) is 0. The van der Waals surface area contributed by atoms with Crippen LogP contribution >= 0.6 is 15.9 Å². The zero-order valence-corrected chi connectivity index (χ0v) is 14.1. The minimum atomic E-state index is -3.86. The maximum absolute atomic E-state index is 14.0. The van der Waals surface area contributed by atoms with Gasteiger partial charge in [0.2, 0.25) is 10.0 Å². The second-order valence-electron chi connectivity index (χ2n) is 5.26. The number of sulfonamides is 1. The van der Waals surface area contributed by atoms with Crippen molar-refractivity contribution in [1.29, 1.82) is 0 Å². The molecule has 0 bridgehead atoms. The Labute approximate surface area is 137 Å². The smallest absolute Gasteiger partial charge is 0.207 e. The van der Waals surface area contributed by atoms with E-state index in [9.17, 15) is 12.8 Å². The van der Waals surface area contributed by atoms with Gasteiger partial charge in [-0.3, -0.25) is 0 Å². The molecule has 1 saturated heterocycles. The summed E-state index contributed by atoms with van der Waals surface area (Å²) in [5.74, 6) is -0.720. The first-order valence-electron chi connectivity index (χ1n) is 7.02. The molecule has 3 nitrogen and oxygen atoms in total. The van der Waals surface area contributed by atoms with Crippen molar-refractivity contribution in [3.63, 3.8) is 0 Å². The molecule has 6 heteroatoms. The van der Waals surface area contributed by atoms with E-state index in [1.165, 1.54) is 22.5 Å². The minimum absolute atomic E-state index is 0.232. The fourth-order valence-corrected chi connectivity index (χ4v) is 5.12. The molecule has 1 heterocycles. The number of rotatable bonds is 3. The van der Waals surface area contributed by atoms with E-state index in [1.807, 2.05) is 30.3 Å². The highest BCUT2D eigenvalue weighted by Gasteiger charge is 2.37. The molecule has 1 aliphatic heterocycles. The molecule has 0 saturated carbocycles. The fourth-order valence-electron chi connectivity index (χ4n) is 2.84. The third kappa shape index (κ3) is 2.83. The largest absolute Gasteiger partial charge is 0.246 e. The van der Waals surface area contributed by atoms with Gasteiger partial charge in [0.05, 0.1) is 6.04 Å². The van der Waals surface area contributed by atoms with Gasteiger partial charge in [-0.1, -0.05) is 46.3 Å². The highest BCUT2D eigenvalue weighted by molar-refractivity contribution is 9.10. The van der Waals surface area contributed by atoms with E-state index < -0.39 is 15.8 Å². The quantitative estimate of drug-likeness (QED) is 0.799. The van der Waals surface area contributed by atoms with Crippen molar-refractivity contribution < 1.29 is 12.8 Å². The Bertz CT molecular complexity index is 780. The van der Waals surface area contributed by atoms with Crippen LogP contribution in [0.25, 0.3) is 0 Å². The average Bonchev–Trinajstić information content (AvgIpc) is 3.01. The molecule has 116 valence electrons. The molecule has 1 unspecified atom stereocenters. The van der Waals surface area contributed by atoms with Crippen LogP contribution in [0.15, 0.2) is 57.9 Å². The Kier molecular flexibility index (Phi) is 4.34. The second-order valence-corrected chi connectivity index (χ2v) is 8.03. The van der Waals surface area contributed by atoms with Crippen LogP contribution in [-0.4, -0.2) is 19.3 Å². The zero-order chi connectivity index (χ0) is 15.7. The Morgan fingerprint density at radius 1 is 1.14 bits per heavy atom. The van der Waals surface area contributed by atoms with E-state index in [1.54, 1.807) is 0 Å². The number of halogens is 2. The summed E-state index contributed by atoms with van der Waals surface area (Å²) in [5, 5.41) is 0. The lowest BCUT2D eigenvalue weighted by molar-refractivity contribution is 0.393. The molecular formula is C16H15BrFNO2S. The third-order valence-electron chi connectivity index (χ3n) is 3.87. The van der Waals surface area contributed by atoms with Crippen LogP contribution < -0.4 is 0 Å². The van der Waals surface area contributed by atoms with E-state index in [0.717, 1.165) is 18.4 Å². The van der Waals surface area contributed by atoms with Crippen molar-refractivity contribution in [2.75, 3.05) is 6.54 Å². The van der Waals surface area contributed by atoms with Crippen LogP contribution in [0.2, 0.25) is 0 Å². The van der Waals surface area contributed by atoms with Gasteiger partial charge in [-0.05, 0) is 36.6 Å². The van der Waals surface area contributed by atoms with Crippen molar-refractivity contribution in [3.8, 4) is 0 Å². The number of benzene rings is 2. The van der Waals surface area contributed by atoms with Crippen molar-refractivity contribution in [3.05, 3.63) is 64.4 Å². The summed E-state index contributed by atoms with van der Waals surface area (Å²) in [5.41, 5.74) is 0.943. The predicted molar refractivity (Wildman–Crippen MR) is 86.4 cm³/mol. The lowest BCUT2D eigenvalue weighted by atomic mass is 10.1. The Morgan fingerprint density at radius 2 is 1.86 bits per heavy atom. The van der Waals surface area contributed by atoms with Crippen molar-refractivity contribution in [1.82, 2.24) is 4.31 Å². The lowest BCUT2D eigenvalue weighted by Crippen LogP contribution is -2.31. The van der Waals surface area contributed by atoms with Crippen LogP contribution in [0.4, 0.5) is 4.39 Å². The average molecular weight is 384 g/mol. The van der Waals surface area contributed by atoms with Gasteiger partial charge in [-0.15, -0.1) is 0 Å². The third-order valence-corrected chi connectivity index (χ3v) is 6.28. The van der Waals surface area contributed by atoms with Gasteiger partial charge in [0.1, 0.15) is 10.7 Å². The van der Waals surface area contributed by atoms with Crippen molar-refractivity contribution in [2.45, 2.75) is 23.8 Å². The molecule has 1 atom stereocenters. The summed E-state index contributed by atoms with van der Waals surface area (Å²) < 4.78 is 41.7. The Morgan fingerprint density at radius 3 is 2.59 bits per heavy atom. The van der Waals surface area contributed by atoms with Crippen LogP contribution in [-0.2, 0) is 10.0 Å². The van der Waals surface area contributed by atoms with Crippen LogP contribution in [0.3, 0.4) is 0 Å². The van der Waals surface area contributed by atoms with Crippen molar-refractivity contribution in [2.24, 2.45) is 0 Å². The molecule has 0 aliphatic carbocycles. The molecule has 2 aromatic rings. The molecule has 0 amide bonds. The Hall–Kier alpha value is -1.24. The van der Waals surface area contributed by atoms with E-state index in [0.29, 0.717) is 11.0 Å². The molecule has 1 fully saturated rings. The second kappa shape index (κ2) is 6.10. The van der Waals surface area contributed by atoms with E-state index in [-0.39, 0.29) is 10.9 Å². The highest BCUT2D eigenvalue weighted by Crippen LogP contribution is 2.37. The Balaban J connectivity index is 2.03. The molecule has 0 spiro atoms. The van der Waals surface area contributed by atoms with E-state index >= 15 is 0 Å². The maximum Gasteiger partial charge on any atom is 0.246 e. The van der Waals surface area contributed by atoms with Gasteiger partial charge in [0, 0.05) is 11.0 Å². The fraction of sp³-hybridized carbons (Fsp3) is 0.250. The first kappa shape index (κ1) is 15.6. The van der Waals surface area contributed by atoms with Gasteiger partial charge in [0.15, 0.2) is 0 Å². The monoisotopic (exact) mass is 383 g/mol. The van der Waals surface area contributed by atoms with Crippen LogP contribution in [0.1, 0.15) is 24.4 Å². The van der Waals surface area contributed by atoms with Gasteiger partial charge in [0.25, 0.3) is 0 Å². The van der Waals surface area contributed by atoms with Gasteiger partial charge in [-0.25, -0.2) is 12.8 Å². The topological polar surface area (TPSA) is 37.4 Å². The molecule has 2 aromatic carbocycles. The number of nitrogens with zero attached hydrogens (tertiary/aromatic N) is 1. The van der Waals surface area contributed by atoms with Gasteiger partial charge >= 0.3 is 0 Å². The summed E-state index contributed by atoms with van der Waals surface area (Å²) >= 11 is 3.21. The summed E-state index contributed by atoms with van der Waals surface area (Å²) in [6, 6.07) is 13.2. The molecule has 3 rings (SSSR count). The highest BCUT2D eigenvalue weighted by atomic mass is 79.9. The van der Waals surface area contributed by atoms with Crippen LogP contribution in [0.5, 0.6) is 0 Å². The molecule has 22 heavy (non-hydrogen) atoms. The summed E-state index contributed by atoms with van der Waals surface area (Å²) in [4.78, 5) is -0.273. The molecule has 0 N–H and O–H groups in total. The van der Waals surface area contributed by atoms with Gasteiger partial charge < -0.3 is 0 Å². The standard InChI is InChI=1S/C16H15BrFNO2S/c17-13-8-9-14(18)16(11-13)22(20,21)19-10-4-7-15(19)12-5-2-1-3-6-12/h1-3,5-6,8-9,11,15H,4,7,10H2. The first-order valence-corrected chi connectivity index (χ1v) is 9.25. The summed E-state index contributed by atoms with van der Waals surface area (Å²) in [7, 11) is -3.86. The van der Waals surface area contributed by atoms with Crippen molar-refractivity contribution >= 4 is 26.0 Å². The molecule has 0 radical (unpaired) electrons. The van der Waals surface area contributed by atoms with Gasteiger partial charge in [-0.2, -0.15) is 4.31 Å². The van der Waals surface area contributed by atoms with E-state index in [2.05, 4.69) is 15.9 Å². The minimum Gasteiger partial charge on any atom is -0.207 e. The predicted octanol–water partition coefficient (Wildman–Crippen LogP) is 4.11. The van der Waals surface area contributed by atoms with E-state index in [4.69, 9.17) is 0 Å². The summed E-state index contributed by atoms with van der Waals surface area (Å²) in [6.45, 7) is 0.411. The molecular weight excluding hydrogens is 369 g/mol. The zero-order valence-electron chi connectivity index (χ0n) is 11.7. The van der Waals surface area contributed by atoms with Crippen LogP contribution in [0, 0.1) is 5.82 Å². The summed E-state index contributed by atoms with van der Waals surface area (Å²) in [6.07, 6.45) is 1.52. The SMILES string of the molecule is O=S(=O)(c1cc(Br)ccc1F)N1CCCC1c1ccccc1. The normalized spacial score (nSPS) is 19.5. The lowest BCUT2D eigenvalue weighted by Gasteiger charge is -2.24. The molecule has 0 aromatic heterocycles. The maximum atomic E-state index is 14.0.